The summed E-state index contributed by atoms with van der Waals surface area (Å²) in [7, 11) is 0. The molecule has 1 aromatic heterocycles. The van der Waals surface area contributed by atoms with Gasteiger partial charge in [0.05, 0.1) is 4.90 Å². The lowest BCUT2D eigenvalue weighted by molar-refractivity contribution is 0.625. The normalized spacial score (nSPS) is 11.1. The fourth-order valence-electron chi connectivity index (χ4n) is 2.65. The van der Waals surface area contributed by atoms with Gasteiger partial charge in [0.2, 0.25) is 0 Å². The van der Waals surface area contributed by atoms with E-state index >= 15 is 0 Å². The van der Waals surface area contributed by atoms with Crippen LogP contribution in [0.5, 0.6) is 0 Å². The lowest BCUT2D eigenvalue weighted by Gasteiger charge is -2.04. The highest BCUT2D eigenvalue weighted by molar-refractivity contribution is 7.99. The van der Waals surface area contributed by atoms with Gasteiger partial charge in [-0.25, -0.2) is 0 Å². The first-order chi connectivity index (χ1) is 11.7. The summed E-state index contributed by atoms with van der Waals surface area (Å²) in [6, 6.07) is 24.5. The number of aryl methyl sites for hydroxylation is 1. The Morgan fingerprint density at radius 2 is 1.62 bits per heavy atom. The van der Waals surface area contributed by atoms with Gasteiger partial charge in [-0.05, 0) is 37.3 Å². The van der Waals surface area contributed by atoms with Crippen LogP contribution in [0.25, 0.3) is 22.3 Å². The van der Waals surface area contributed by atoms with Crippen LogP contribution in [0, 0.1) is 6.92 Å². The molecule has 0 spiro atoms. The third-order valence-electron chi connectivity index (χ3n) is 3.88. The molecule has 4 rings (SSSR count). The van der Waals surface area contributed by atoms with Crippen molar-refractivity contribution >= 4 is 34.3 Å². The van der Waals surface area contributed by atoms with Crippen molar-refractivity contribution in [1.82, 2.24) is 0 Å². The molecule has 118 valence electrons. The number of rotatable bonds is 3. The maximum atomic E-state index is 6.22. The van der Waals surface area contributed by atoms with Crippen molar-refractivity contribution in [3.8, 4) is 11.3 Å². The van der Waals surface area contributed by atoms with Crippen molar-refractivity contribution in [3.05, 3.63) is 83.4 Å². The molecule has 0 amide bonds. The topological polar surface area (TPSA) is 13.1 Å². The molecule has 0 radical (unpaired) electrons. The molecular weight excluding hydrogens is 336 g/mol. The molecule has 0 aliphatic rings. The molecule has 4 aromatic rings. The van der Waals surface area contributed by atoms with Crippen molar-refractivity contribution in [2.45, 2.75) is 16.7 Å². The highest BCUT2D eigenvalue weighted by Gasteiger charge is 2.17. The zero-order chi connectivity index (χ0) is 16.5. The van der Waals surface area contributed by atoms with E-state index in [1.54, 1.807) is 11.8 Å². The lowest BCUT2D eigenvalue weighted by atomic mass is 10.1. The molecule has 0 bridgehead atoms. The summed E-state index contributed by atoms with van der Waals surface area (Å²) in [5.74, 6) is 0.887. The molecule has 1 heterocycles. The number of fused-ring (bicyclic) bond motifs is 1. The Hall–Kier alpha value is -2.16. The number of halogens is 1. The van der Waals surface area contributed by atoms with Crippen molar-refractivity contribution < 1.29 is 4.42 Å². The molecule has 0 aliphatic carbocycles. The van der Waals surface area contributed by atoms with E-state index < -0.39 is 0 Å². The molecule has 0 saturated heterocycles. The van der Waals surface area contributed by atoms with Gasteiger partial charge in [-0.3, -0.25) is 0 Å². The molecule has 1 nitrogen and oxygen atoms in total. The minimum Gasteiger partial charge on any atom is -0.455 e. The lowest BCUT2D eigenvalue weighted by Crippen LogP contribution is -1.79. The van der Waals surface area contributed by atoms with Gasteiger partial charge in [-0.15, -0.1) is 0 Å². The second kappa shape index (κ2) is 6.39. The second-order valence-electron chi connectivity index (χ2n) is 5.68. The van der Waals surface area contributed by atoms with Crippen LogP contribution in [0.3, 0.4) is 0 Å². The van der Waals surface area contributed by atoms with E-state index in [2.05, 4.69) is 43.3 Å². The predicted molar refractivity (Wildman–Crippen MR) is 102 cm³/mol. The van der Waals surface area contributed by atoms with Gasteiger partial charge in [-0.1, -0.05) is 71.4 Å². The van der Waals surface area contributed by atoms with Gasteiger partial charge in [0, 0.05) is 20.9 Å². The zero-order valence-electron chi connectivity index (χ0n) is 13.1. The summed E-state index contributed by atoms with van der Waals surface area (Å²) in [6.07, 6.45) is 0. The maximum absolute atomic E-state index is 6.22. The Labute approximate surface area is 150 Å². The largest absolute Gasteiger partial charge is 0.455 e. The van der Waals surface area contributed by atoms with Crippen molar-refractivity contribution in [2.24, 2.45) is 0 Å². The van der Waals surface area contributed by atoms with Crippen LogP contribution in [-0.2, 0) is 0 Å². The Morgan fingerprint density at radius 3 is 2.38 bits per heavy atom. The van der Waals surface area contributed by atoms with Crippen LogP contribution in [0.1, 0.15) is 5.56 Å². The number of furan rings is 1. The molecule has 0 saturated carbocycles. The first-order valence-electron chi connectivity index (χ1n) is 7.73. The summed E-state index contributed by atoms with van der Waals surface area (Å²) >= 11 is 7.93. The van der Waals surface area contributed by atoms with Crippen molar-refractivity contribution in [1.29, 1.82) is 0 Å². The molecule has 3 heteroatoms. The van der Waals surface area contributed by atoms with E-state index in [9.17, 15) is 0 Å². The Morgan fingerprint density at radius 1 is 0.875 bits per heavy atom. The van der Waals surface area contributed by atoms with Gasteiger partial charge in [0.1, 0.15) is 11.3 Å². The molecule has 0 aliphatic heterocycles. The smallest absolute Gasteiger partial charge is 0.149 e. The monoisotopic (exact) mass is 350 g/mol. The SMILES string of the molecule is Cc1ccc(Sc2c(-c3ccccc3)oc3ccc(Cl)cc23)cc1. The van der Waals surface area contributed by atoms with Gasteiger partial charge < -0.3 is 4.42 Å². The summed E-state index contributed by atoms with van der Waals surface area (Å²) in [5.41, 5.74) is 3.18. The summed E-state index contributed by atoms with van der Waals surface area (Å²) < 4.78 is 6.16. The van der Waals surface area contributed by atoms with E-state index in [0.717, 1.165) is 27.2 Å². The molecule has 0 atom stereocenters. The van der Waals surface area contributed by atoms with E-state index in [0.29, 0.717) is 5.02 Å². The second-order valence-corrected chi connectivity index (χ2v) is 7.20. The van der Waals surface area contributed by atoms with Crippen molar-refractivity contribution in [2.75, 3.05) is 0 Å². The Bertz CT molecular complexity index is 988. The average Bonchev–Trinajstić information content (AvgIpc) is 2.95. The average molecular weight is 351 g/mol. The molecule has 24 heavy (non-hydrogen) atoms. The van der Waals surface area contributed by atoms with Crippen LogP contribution in [0.15, 0.2) is 87.0 Å². The fraction of sp³-hybridized carbons (Fsp3) is 0.0476. The van der Waals surface area contributed by atoms with Crippen LogP contribution >= 0.6 is 23.4 Å². The van der Waals surface area contributed by atoms with Gasteiger partial charge in [0.15, 0.2) is 0 Å². The van der Waals surface area contributed by atoms with E-state index in [4.69, 9.17) is 16.0 Å². The van der Waals surface area contributed by atoms with Crippen LogP contribution < -0.4 is 0 Å². The summed E-state index contributed by atoms with van der Waals surface area (Å²) in [5, 5.41) is 1.76. The number of hydrogen-bond donors (Lipinski definition) is 0. The first-order valence-corrected chi connectivity index (χ1v) is 8.92. The maximum Gasteiger partial charge on any atom is 0.149 e. The van der Waals surface area contributed by atoms with Crippen LogP contribution in [-0.4, -0.2) is 0 Å². The Balaban J connectivity index is 1.90. The minimum absolute atomic E-state index is 0.716. The van der Waals surface area contributed by atoms with E-state index in [-0.39, 0.29) is 0 Å². The molecule has 0 unspecified atom stereocenters. The third kappa shape index (κ3) is 2.95. The number of hydrogen-bond acceptors (Lipinski definition) is 2. The van der Waals surface area contributed by atoms with Crippen LogP contribution in [0.2, 0.25) is 5.02 Å². The van der Waals surface area contributed by atoms with E-state index in [1.165, 1.54) is 10.5 Å². The Kier molecular flexibility index (Phi) is 4.09. The molecular formula is C21H15ClOS. The molecule has 0 fully saturated rings. The van der Waals surface area contributed by atoms with E-state index in [1.807, 2.05) is 36.4 Å². The van der Waals surface area contributed by atoms with Crippen molar-refractivity contribution in [3.63, 3.8) is 0 Å². The van der Waals surface area contributed by atoms with Gasteiger partial charge >= 0.3 is 0 Å². The fourth-order valence-corrected chi connectivity index (χ4v) is 3.85. The van der Waals surface area contributed by atoms with Gasteiger partial charge in [-0.2, -0.15) is 0 Å². The summed E-state index contributed by atoms with van der Waals surface area (Å²) in [4.78, 5) is 2.28. The first kappa shape index (κ1) is 15.4. The van der Waals surface area contributed by atoms with Crippen LogP contribution in [0.4, 0.5) is 0 Å². The molecule has 0 N–H and O–H groups in total. The quantitative estimate of drug-likeness (QED) is 0.387. The molecule has 3 aromatic carbocycles. The predicted octanol–water partition coefficient (Wildman–Crippen LogP) is 7.21. The highest BCUT2D eigenvalue weighted by atomic mass is 35.5. The van der Waals surface area contributed by atoms with Gasteiger partial charge in [0.25, 0.3) is 0 Å². The number of benzene rings is 3. The standard InChI is InChI=1S/C21H15ClOS/c1-14-7-10-17(11-8-14)24-21-18-13-16(22)9-12-19(18)23-20(21)15-5-3-2-4-6-15/h2-13H,1H3. The minimum atomic E-state index is 0.716. The summed E-state index contributed by atoms with van der Waals surface area (Å²) in [6.45, 7) is 2.09. The zero-order valence-corrected chi connectivity index (χ0v) is 14.7. The highest BCUT2D eigenvalue weighted by Crippen LogP contribution is 2.43. The third-order valence-corrected chi connectivity index (χ3v) is 5.23.